The number of rotatable bonds is 4. The second kappa shape index (κ2) is 6.36. The van der Waals surface area contributed by atoms with Crippen LogP contribution in [0, 0.1) is 0 Å². The summed E-state index contributed by atoms with van der Waals surface area (Å²) >= 11 is 0. The monoisotopic (exact) mass is 308 g/mol. The zero-order valence-corrected chi connectivity index (χ0v) is 12.6. The van der Waals surface area contributed by atoms with Crippen molar-refractivity contribution in [3.63, 3.8) is 0 Å². The van der Waals surface area contributed by atoms with Crippen molar-refractivity contribution in [3.05, 3.63) is 76.1 Å². The van der Waals surface area contributed by atoms with E-state index in [2.05, 4.69) is 10.3 Å². The molecule has 0 aliphatic rings. The van der Waals surface area contributed by atoms with Crippen molar-refractivity contribution in [1.82, 2.24) is 10.3 Å². The van der Waals surface area contributed by atoms with E-state index < -0.39 is 0 Å². The summed E-state index contributed by atoms with van der Waals surface area (Å²) in [7, 11) is 1.58. The Balaban J connectivity index is 1.82. The lowest BCUT2D eigenvalue weighted by Crippen LogP contribution is -2.26. The van der Waals surface area contributed by atoms with E-state index in [-0.39, 0.29) is 18.0 Å². The quantitative estimate of drug-likeness (QED) is 0.778. The van der Waals surface area contributed by atoms with E-state index in [1.165, 1.54) is 0 Å². The first kappa shape index (κ1) is 14.8. The highest BCUT2D eigenvalue weighted by Crippen LogP contribution is 2.18. The summed E-state index contributed by atoms with van der Waals surface area (Å²) in [4.78, 5) is 27.0. The summed E-state index contributed by atoms with van der Waals surface area (Å²) < 4.78 is 5.14. The highest BCUT2D eigenvalue weighted by atomic mass is 16.5. The van der Waals surface area contributed by atoms with Gasteiger partial charge in [0.15, 0.2) is 0 Å². The maximum absolute atomic E-state index is 12.1. The number of hydrogen-bond donors (Lipinski definition) is 2. The zero-order valence-electron chi connectivity index (χ0n) is 12.6. The van der Waals surface area contributed by atoms with Crippen molar-refractivity contribution >= 4 is 16.8 Å². The number of aromatic amines is 1. The molecule has 0 spiro atoms. The molecule has 116 valence electrons. The van der Waals surface area contributed by atoms with Crippen LogP contribution in [0.25, 0.3) is 10.9 Å². The minimum Gasteiger partial charge on any atom is -0.497 e. The van der Waals surface area contributed by atoms with E-state index in [1.807, 2.05) is 18.2 Å². The van der Waals surface area contributed by atoms with Crippen molar-refractivity contribution < 1.29 is 9.53 Å². The molecule has 5 nitrogen and oxygen atoms in total. The van der Waals surface area contributed by atoms with Crippen LogP contribution in [-0.2, 0) is 6.54 Å². The molecule has 1 amide bonds. The lowest BCUT2D eigenvalue weighted by Gasteiger charge is -2.07. The Morgan fingerprint density at radius 2 is 1.91 bits per heavy atom. The van der Waals surface area contributed by atoms with Gasteiger partial charge in [-0.2, -0.15) is 0 Å². The molecule has 2 aromatic carbocycles. The first-order chi connectivity index (χ1) is 11.2. The lowest BCUT2D eigenvalue weighted by atomic mass is 10.1. The van der Waals surface area contributed by atoms with Crippen LogP contribution in [0.2, 0.25) is 0 Å². The van der Waals surface area contributed by atoms with E-state index in [0.717, 1.165) is 5.39 Å². The molecule has 3 aromatic rings. The molecular formula is C18H16N2O3. The standard InChI is InChI=1S/C18H16N2O3/c1-23-15-8-7-13-9-14(18(22)20-16(13)10-15)11-19-17(21)12-5-3-2-4-6-12/h2-10H,11H2,1H3,(H,19,21)(H,20,22). The average Bonchev–Trinajstić information content (AvgIpc) is 2.60. The van der Waals surface area contributed by atoms with Crippen molar-refractivity contribution in [2.24, 2.45) is 0 Å². The van der Waals surface area contributed by atoms with E-state index in [9.17, 15) is 9.59 Å². The third kappa shape index (κ3) is 3.23. The molecule has 0 bridgehead atoms. The molecule has 0 fully saturated rings. The third-order valence-corrected chi connectivity index (χ3v) is 3.61. The van der Waals surface area contributed by atoms with E-state index in [4.69, 9.17) is 4.74 Å². The number of aromatic nitrogens is 1. The lowest BCUT2D eigenvalue weighted by molar-refractivity contribution is 0.0951. The Labute approximate surface area is 132 Å². The predicted molar refractivity (Wildman–Crippen MR) is 88.7 cm³/mol. The molecular weight excluding hydrogens is 292 g/mol. The van der Waals surface area contributed by atoms with E-state index in [1.54, 1.807) is 43.5 Å². The number of hydrogen-bond acceptors (Lipinski definition) is 3. The van der Waals surface area contributed by atoms with Crippen LogP contribution in [0.1, 0.15) is 15.9 Å². The molecule has 0 aliphatic carbocycles. The number of carbonyl (C=O) groups is 1. The fourth-order valence-electron chi connectivity index (χ4n) is 2.35. The normalized spacial score (nSPS) is 10.5. The van der Waals surface area contributed by atoms with Gasteiger partial charge in [-0.1, -0.05) is 18.2 Å². The smallest absolute Gasteiger partial charge is 0.253 e. The maximum atomic E-state index is 12.1. The summed E-state index contributed by atoms with van der Waals surface area (Å²) in [5.74, 6) is 0.470. The number of fused-ring (bicyclic) bond motifs is 1. The van der Waals surface area contributed by atoms with E-state index in [0.29, 0.717) is 22.4 Å². The van der Waals surface area contributed by atoms with Crippen molar-refractivity contribution in [1.29, 1.82) is 0 Å². The van der Waals surface area contributed by atoms with Crippen molar-refractivity contribution in [2.75, 3.05) is 7.11 Å². The van der Waals surface area contributed by atoms with Gasteiger partial charge in [0.25, 0.3) is 11.5 Å². The Morgan fingerprint density at radius 1 is 1.13 bits per heavy atom. The fraction of sp³-hybridized carbons (Fsp3) is 0.111. The minimum absolute atomic E-state index is 0.172. The highest BCUT2D eigenvalue weighted by Gasteiger charge is 2.08. The summed E-state index contributed by atoms with van der Waals surface area (Å²) in [5, 5.41) is 3.64. The number of nitrogens with one attached hydrogen (secondary N) is 2. The number of carbonyl (C=O) groups excluding carboxylic acids is 1. The Kier molecular flexibility index (Phi) is 4.10. The Bertz CT molecular complexity index is 901. The molecule has 0 aliphatic heterocycles. The van der Waals surface area contributed by atoms with Gasteiger partial charge < -0.3 is 15.0 Å². The topological polar surface area (TPSA) is 71.2 Å². The molecule has 0 saturated carbocycles. The maximum Gasteiger partial charge on any atom is 0.253 e. The number of methoxy groups -OCH3 is 1. The van der Waals surface area contributed by atoms with Crippen molar-refractivity contribution in [3.8, 4) is 5.75 Å². The second-order valence-corrected chi connectivity index (χ2v) is 5.13. The summed E-state index contributed by atoms with van der Waals surface area (Å²) in [6.45, 7) is 0.172. The Hall–Kier alpha value is -3.08. The van der Waals surface area contributed by atoms with Crippen LogP contribution in [-0.4, -0.2) is 18.0 Å². The first-order valence-corrected chi connectivity index (χ1v) is 7.20. The molecule has 0 saturated heterocycles. The number of pyridine rings is 1. The van der Waals surface area contributed by atoms with Gasteiger partial charge in [-0.15, -0.1) is 0 Å². The van der Waals surface area contributed by atoms with Gasteiger partial charge in [-0.25, -0.2) is 0 Å². The number of benzene rings is 2. The van der Waals surface area contributed by atoms with Crippen LogP contribution in [0.5, 0.6) is 5.75 Å². The van der Waals surface area contributed by atoms with Crippen LogP contribution >= 0.6 is 0 Å². The Morgan fingerprint density at radius 3 is 2.65 bits per heavy atom. The summed E-state index contributed by atoms with van der Waals surface area (Å²) in [6, 6.07) is 16.1. The van der Waals surface area contributed by atoms with Gasteiger partial charge in [0.2, 0.25) is 0 Å². The van der Waals surface area contributed by atoms with E-state index >= 15 is 0 Å². The summed E-state index contributed by atoms with van der Waals surface area (Å²) in [5.41, 5.74) is 1.55. The fourth-order valence-corrected chi connectivity index (χ4v) is 2.35. The largest absolute Gasteiger partial charge is 0.497 e. The minimum atomic E-state index is -0.223. The predicted octanol–water partition coefficient (Wildman–Crippen LogP) is 2.47. The first-order valence-electron chi connectivity index (χ1n) is 7.20. The average molecular weight is 308 g/mol. The molecule has 1 heterocycles. The summed E-state index contributed by atoms with van der Waals surface area (Å²) in [6.07, 6.45) is 0. The van der Waals surface area contributed by atoms with Crippen LogP contribution in [0.3, 0.4) is 0 Å². The molecule has 23 heavy (non-hydrogen) atoms. The third-order valence-electron chi connectivity index (χ3n) is 3.61. The van der Waals surface area contributed by atoms with Crippen LogP contribution in [0.4, 0.5) is 0 Å². The SMILES string of the molecule is COc1ccc2cc(CNC(=O)c3ccccc3)c(=O)[nH]c2c1. The van der Waals surface area contributed by atoms with Crippen LogP contribution < -0.4 is 15.6 Å². The second-order valence-electron chi connectivity index (χ2n) is 5.13. The number of amides is 1. The van der Waals surface area contributed by atoms with Gasteiger partial charge in [0, 0.05) is 23.7 Å². The van der Waals surface area contributed by atoms with Gasteiger partial charge in [0.1, 0.15) is 5.75 Å². The number of ether oxygens (including phenoxy) is 1. The van der Waals surface area contributed by atoms with Gasteiger partial charge in [-0.3, -0.25) is 9.59 Å². The van der Waals surface area contributed by atoms with Gasteiger partial charge >= 0.3 is 0 Å². The molecule has 0 unspecified atom stereocenters. The van der Waals surface area contributed by atoms with Gasteiger partial charge in [-0.05, 0) is 35.7 Å². The zero-order chi connectivity index (χ0) is 16.2. The van der Waals surface area contributed by atoms with Crippen molar-refractivity contribution in [2.45, 2.75) is 6.54 Å². The molecule has 3 rings (SSSR count). The highest BCUT2D eigenvalue weighted by molar-refractivity contribution is 5.94. The molecule has 5 heteroatoms. The molecule has 0 atom stereocenters. The number of H-pyrrole nitrogens is 1. The van der Waals surface area contributed by atoms with Gasteiger partial charge in [0.05, 0.1) is 12.6 Å². The molecule has 0 radical (unpaired) electrons. The molecule has 1 aromatic heterocycles. The van der Waals surface area contributed by atoms with Crippen LogP contribution in [0.15, 0.2) is 59.4 Å². The molecule has 2 N–H and O–H groups in total.